The quantitative estimate of drug-likeness (QED) is 0.631. The minimum Gasteiger partial charge on any atom is -0.493 e. The van der Waals surface area contributed by atoms with Crippen LogP contribution in [0, 0.1) is 5.92 Å². The predicted octanol–water partition coefficient (Wildman–Crippen LogP) is 0.215. The number of ketones is 1. The molecule has 1 amide bonds. The zero-order valence-corrected chi connectivity index (χ0v) is 11.4. The fourth-order valence-corrected chi connectivity index (χ4v) is 2.62. The first-order chi connectivity index (χ1) is 9.45. The van der Waals surface area contributed by atoms with Gasteiger partial charge >= 0.3 is 5.69 Å². The Balaban J connectivity index is 1.82. The van der Waals surface area contributed by atoms with Crippen LogP contribution < -0.4 is 11.0 Å². The number of carbonyl (C=O) groups is 2. The Bertz CT molecular complexity index is 552. The van der Waals surface area contributed by atoms with Gasteiger partial charge in [0.2, 0.25) is 11.8 Å². The third-order valence-corrected chi connectivity index (χ3v) is 3.79. The molecule has 20 heavy (non-hydrogen) atoms. The lowest BCUT2D eigenvalue weighted by Crippen LogP contribution is -2.39. The van der Waals surface area contributed by atoms with E-state index in [-0.39, 0.29) is 41.6 Å². The topological polar surface area (TPSA) is 115 Å². The molecule has 1 aliphatic carbocycles. The smallest absolute Gasteiger partial charge is 0.325 e. The van der Waals surface area contributed by atoms with E-state index in [0.717, 1.165) is 25.7 Å². The number of rotatable bonds is 4. The molecule has 7 heteroatoms. The van der Waals surface area contributed by atoms with Crippen molar-refractivity contribution in [2.45, 2.75) is 45.1 Å². The van der Waals surface area contributed by atoms with Gasteiger partial charge in [-0.3, -0.25) is 14.6 Å². The third kappa shape index (κ3) is 3.49. The second-order valence-corrected chi connectivity index (χ2v) is 5.31. The van der Waals surface area contributed by atoms with Gasteiger partial charge in [-0.25, -0.2) is 4.79 Å². The van der Waals surface area contributed by atoms with E-state index >= 15 is 0 Å². The standard InChI is InChI=1S/C13H19N3O4/c1-7(17)8-2-4-9(5-3-8)14-11(18)6-10-12(19)16-13(20)15-10/h8-9,19H,2-6H2,1H3,(H,14,18)(H2,15,16,20). The molecule has 0 bridgehead atoms. The summed E-state index contributed by atoms with van der Waals surface area (Å²) >= 11 is 0. The third-order valence-electron chi connectivity index (χ3n) is 3.79. The average molecular weight is 281 g/mol. The van der Waals surface area contributed by atoms with Gasteiger partial charge in [0, 0.05) is 12.0 Å². The SMILES string of the molecule is CC(=O)C1CCC(NC(=O)Cc2[nH]c(=O)[nH]c2O)CC1. The van der Waals surface area contributed by atoms with E-state index in [4.69, 9.17) is 0 Å². The van der Waals surface area contributed by atoms with Gasteiger partial charge in [0.05, 0.1) is 12.1 Å². The van der Waals surface area contributed by atoms with Crippen LogP contribution >= 0.6 is 0 Å². The molecule has 4 N–H and O–H groups in total. The highest BCUT2D eigenvalue weighted by molar-refractivity contribution is 5.79. The lowest BCUT2D eigenvalue weighted by Gasteiger charge is -2.27. The van der Waals surface area contributed by atoms with Crippen LogP contribution in [-0.4, -0.2) is 32.8 Å². The minimum absolute atomic E-state index is 0.0610. The molecule has 0 aliphatic heterocycles. The molecular weight excluding hydrogens is 262 g/mol. The number of hydrogen-bond acceptors (Lipinski definition) is 4. The van der Waals surface area contributed by atoms with Crippen molar-refractivity contribution in [3.05, 3.63) is 16.2 Å². The number of carbonyl (C=O) groups excluding carboxylic acids is 2. The van der Waals surface area contributed by atoms with Crippen LogP contribution in [0.1, 0.15) is 38.3 Å². The molecule has 0 spiro atoms. The van der Waals surface area contributed by atoms with Crippen molar-refractivity contribution in [2.24, 2.45) is 5.92 Å². The van der Waals surface area contributed by atoms with Crippen LogP contribution in [0.2, 0.25) is 0 Å². The molecule has 0 aromatic carbocycles. The maximum Gasteiger partial charge on any atom is 0.325 e. The van der Waals surface area contributed by atoms with Crippen LogP contribution in [0.5, 0.6) is 5.88 Å². The second kappa shape index (κ2) is 5.94. The van der Waals surface area contributed by atoms with E-state index in [1.807, 2.05) is 0 Å². The summed E-state index contributed by atoms with van der Waals surface area (Å²) in [6.45, 7) is 1.61. The first-order valence-corrected chi connectivity index (χ1v) is 6.75. The van der Waals surface area contributed by atoms with Crippen LogP contribution in [0.25, 0.3) is 0 Å². The molecule has 1 aromatic rings. The van der Waals surface area contributed by atoms with Crippen molar-refractivity contribution in [3.8, 4) is 5.88 Å². The molecule has 1 aliphatic rings. The molecule has 2 rings (SSSR count). The van der Waals surface area contributed by atoms with Crippen molar-refractivity contribution < 1.29 is 14.7 Å². The van der Waals surface area contributed by atoms with Crippen molar-refractivity contribution in [1.82, 2.24) is 15.3 Å². The summed E-state index contributed by atoms with van der Waals surface area (Å²) in [5.74, 6) is -0.218. The Kier molecular flexibility index (Phi) is 4.26. The minimum atomic E-state index is -0.535. The maximum absolute atomic E-state index is 11.8. The first kappa shape index (κ1) is 14.4. The number of amides is 1. The normalized spacial score (nSPS) is 22.4. The highest BCUT2D eigenvalue weighted by Gasteiger charge is 2.25. The Morgan fingerprint density at radius 3 is 2.40 bits per heavy atom. The Hall–Kier alpha value is -2.05. The summed E-state index contributed by atoms with van der Waals surface area (Å²) in [6, 6.07) is 0.0610. The van der Waals surface area contributed by atoms with Crippen LogP contribution in [-0.2, 0) is 16.0 Å². The van der Waals surface area contributed by atoms with E-state index in [1.54, 1.807) is 6.92 Å². The molecule has 0 atom stereocenters. The number of aromatic nitrogens is 2. The molecule has 0 saturated heterocycles. The van der Waals surface area contributed by atoms with E-state index in [2.05, 4.69) is 15.3 Å². The van der Waals surface area contributed by atoms with E-state index in [1.165, 1.54) is 0 Å². The summed E-state index contributed by atoms with van der Waals surface area (Å²) in [6.07, 6.45) is 3.09. The summed E-state index contributed by atoms with van der Waals surface area (Å²) in [5, 5.41) is 12.2. The number of imidazole rings is 1. The number of Topliss-reactive ketones (excluding diaryl/α,β-unsaturated/α-hetero) is 1. The molecule has 1 aromatic heterocycles. The second-order valence-electron chi connectivity index (χ2n) is 5.31. The number of hydrogen-bond donors (Lipinski definition) is 4. The molecule has 110 valence electrons. The van der Waals surface area contributed by atoms with Gasteiger partial charge in [-0.15, -0.1) is 0 Å². The van der Waals surface area contributed by atoms with Gasteiger partial charge in [-0.05, 0) is 32.6 Å². The van der Waals surface area contributed by atoms with Gasteiger partial charge in [0.1, 0.15) is 5.78 Å². The molecule has 1 saturated carbocycles. The molecule has 1 fully saturated rings. The van der Waals surface area contributed by atoms with Crippen molar-refractivity contribution >= 4 is 11.7 Å². The van der Waals surface area contributed by atoms with Gasteiger partial charge in [-0.2, -0.15) is 0 Å². The average Bonchev–Trinajstić information content (AvgIpc) is 2.68. The van der Waals surface area contributed by atoms with Crippen LogP contribution in [0.4, 0.5) is 0 Å². The van der Waals surface area contributed by atoms with Crippen LogP contribution in [0.15, 0.2) is 4.79 Å². The predicted molar refractivity (Wildman–Crippen MR) is 71.4 cm³/mol. The zero-order chi connectivity index (χ0) is 14.7. The van der Waals surface area contributed by atoms with Gasteiger partial charge in [0.15, 0.2) is 0 Å². The van der Waals surface area contributed by atoms with Crippen molar-refractivity contribution in [3.63, 3.8) is 0 Å². The first-order valence-electron chi connectivity index (χ1n) is 6.75. The Labute approximate surface area is 115 Å². The fraction of sp³-hybridized carbons (Fsp3) is 0.615. The molecule has 0 unspecified atom stereocenters. The lowest BCUT2D eigenvalue weighted by atomic mass is 9.84. The number of aromatic hydroxyl groups is 1. The Morgan fingerprint density at radius 1 is 1.25 bits per heavy atom. The lowest BCUT2D eigenvalue weighted by molar-refractivity contribution is -0.122. The highest BCUT2D eigenvalue weighted by atomic mass is 16.3. The maximum atomic E-state index is 11.8. The van der Waals surface area contributed by atoms with E-state index < -0.39 is 5.69 Å². The summed E-state index contributed by atoms with van der Waals surface area (Å²) in [7, 11) is 0. The van der Waals surface area contributed by atoms with Crippen molar-refractivity contribution in [2.75, 3.05) is 0 Å². The molecular formula is C13H19N3O4. The van der Waals surface area contributed by atoms with Gasteiger partial charge in [0.25, 0.3) is 0 Å². The zero-order valence-electron chi connectivity index (χ0n) is 11.4. The fourth-order valence-electron chi connectivity index (χ4n) is 2.62. The summed E-state index contributed by atoms with van der Waals surface area (Å²) in [4.78, 5) is 38.6. The van der Waals surface area contributed by atoms with Gasteiger partial charge in [-0.1, -0.05) is 0 Å². The summed E-state index contributed by atoms with van der Waals surface area (Å²) < 4.78 is 0. The molecule has 1 heterocycles. The van der Waals surface area contributed by atoms with Crippen LogP contribution in [0.3, 0.4) is 0 Å². The van der Waals surface area contributed by atoms with Gasteiger partial charge < -0.3 is 15.4 Å². The van der Waals surface area contributed by atoms with Crippen molar-refractivity contribution in [1.29, 1.82) is 0 Å². The highest BCUT2D eigenvalue weighted by Crippen LogP contribution is 2.25. The Morgan fingerprint density at radius 2 is 1.90 bits per heavy atom. The number of aromatic amines is 2. The number of nitrogens with one attached hydrogen (secondary N) is 3. The molecule has 0 radical (unpaired) electrons. The molecule has 7 nitrogen and oxygen atoms in total. The summed E-state index contributed by atoms with van der Waals surface area (Å²) in [5.41, 5.74) is -0.350. The number of H-pyrrole nitrogens is 2. The largest absolute Gasteiger partial charge is 0.493 e. The van der Waals surface area contributed by atoms with E-state index in [9.17, 15) is 19.5 Å². The monoisotopic (exact) mass is 281 g/mol. The van der Waals surface area contributed by atoms with E-state index in [0.29, 0.717) is 0 Å².